The third-order valence-corrected chi connectivity index (χ3v) is 14.4. The van der Waals surface area contributed by atoms with Gasteiger partial charge in [-0.3, -0.25) is 9.36 Å². The molecule has 0 aliphatic heterocycles. The summed E-state index contributed by atoms with van der Waals surface area (Å²) in [6.07, 6.45) is 24.4. The SMILES string of the molecule is CCCCCCCCCCCC/C=C/[C@@H](O)[C@H](COP(=O)([O-])OCC[N+](C)(C)C)NC(=O)CCCCCCCCCCCNS(=O)(=O)c1ccc2ccc3cccc4ccc1c2c34. The van der Waals surface area contributed by atoms with Crippen molar-refractivity contribution in [2.24, 2.45) is 0 Å². The number of nitrogens with zero attached hydrogens (tertiary/aromatic N) is 1. The van der Waals surface area contributed by atoms with E-state index in [9.17, 15) is 27.8 Å². The van der Waals surface area contributed by atoms with Crippen molar-refractivity contribution < 1.29 is 41.3 Å². The highest BCUT2D eigenvalue weighted by atomic mass is 32.2. The van der Waals surface area contributed by atoms with E-state index in [0.717, 1.165) is 103 Å². The molecule has 0 fully saturated rings. The molecule has 4 rings (SSSR count). The normalized spacial score (nSPS) is 14.6. The number of phosphoric ester groups is 1. The van der Waals surface area contributed by atoms with Crippen molar-refractivity contribution in [3.63, 3.8) is 0 Å². The van der Waals surface area contributed by atoms with Crippen molar-refractivity contribution in [3.05, 3.63) is 66.7 Å². The minimum Gasteiger partial charge on any atom is -0.756 e. The number of rotatable bonds is 35. The Hall–Kier alpha value is -2.93. The lowest BCUT2D eigenvalue weighted by Gasteiger charge is -2.29. The molecule has 0 aromatic heterocycles. The van der Waals surface area contributed by atoms with Crippen LogP contribution in [-0.2, 0) is 28.4 Å². The fourth-order valence-electron chi connectivity index (χ4n) is 8.13. The second-order valence-corrected chi connectivity index (χ2v) is 21.5. The second kappa shape index (κ2) is 27.5. The minimum absolute atomic E-state index is 0.0302. The number of nitrogens with one attached hydrogen (secondary N) is 2. The molecule has 1 amide bonds. The molecule has 352 valence electrons. The molecule has 0 saturated carbocycles. The van der Waals surface area contributed by atoms with E-state index >= 15 is 0 Å². The number of likely N-dealkylation sites (N-methyl/N-ethyl adjacent to an activating group) is 1. The average molecular weight is 912 g/mol. The van der Waals surface area contributed by atoms with Gasteiger partial charge in [-0.05, 0) is 58.7 Å². The Morgan fingerprint density at radius 1 is 0.746 bits per heavy atom. The van der Waals surface area contributed by atoms with Crippen LogP contribution in [0.5, 0.6) is 0 Å². The lowest BCUT2D eigenvalue weighted by molar-refractivity contribution is -0.870. The summed E-state index contributed by atoms with van der Waals surface area (Å²) >= 11 is 0. The predicted octanol–water partition coefficient (Wildman–Crippen LogP) is 10.7. The molecule has 0 aliphatic carbocycles. The number of sulfonamides is 1. The third kappa shape index (κ3) is 19.2. The van der Waals surface area contributed by atoms with Crippen molar-refractivity contribution in [1.29, 1.82) is 0 Å². The topological polar surface area (TPSA) is 154 Å². The summed E-state index contributed by atoms with van der Waals surface area (Å²) in [5.41, 5.74) is 0. The van der Waals surface area contributed by atoms with Gasteiger partial charge in [-0.1, -0.05) is 170 Å². The molecule has 1 unspecified atom stereocenters. The van der Waals surface area contributed by atoms with Crippen LogP contribution in [0, 0.1) is 0 Å². The molecule has 4 aromatic rings. The van der Waals surface area contributed by atoms with Crippen molar-refractivity contribution >= 4 is 56.1 Å². The van der Waals surface area contributed by atoms with Crippen LogP contribution >= 0.6 is 7.82 Å². The number of amides is 1. The zero-order valence-electron chi connectivity index (χ0n) is 38.8. The highest BCUT2D eigenvalue weighted by Crippen LogP contribution is 2.39. The maximum Gasteiger partial charge on any atom is 0.268 e. The number of aliphatic hydroxyl groups excluding tert-OH is 1. The maximum atomic E-state index is 13.4. The standard InChI is InChI=1S/C50H78N3O8PS/c1-5-6-7-8-9-10-11-12-14-17-20-23-29-46(54)45(40-61-62(56,57)60-39-38-53(2,3)4)52-48(55)30-24-21-18-15-13-16-19-22-25-37-51-63(58,59)47-36-34-43-32-31-41-27-26-28-42-33-35-44(47)50(43)49(41)42/h23,26-29,31-36,45-46,51,54H,5-22,24-25,30,37-40H2,1-4H3,(H-,52,55,56,57)/b29-23+/t45-,46+/m0/s1. The number of carbonyl (C=O) groups is 1. The van der Waals surface area contributed by atoms with E-state index in [1.165, 1.54) is 51.4 Å². The molecule has 63 heavy (non-hydrogen) atoms. The first-order valence-corrected chi connectivity index (χ1v) is 26.9. The van der Waals surface area contributed by atoms with Gasteiger partial charge < -0.3 is 28.8 Å². The lowest BCUT2D eigenvalue weighted by atomic mass is 9.94. The van der Waals surface area contributed by atoms with Crippen LogP contribution < -0.4 is 14.9 Å². The molecule has 0 bridgehead atoms. The zero-order chi connectivity index (χ0) is 45.6. The molecule has 0 aliphatic rings. The average Bonchev–Trinajstić information content (AvgIpc) is 3.24. The van der Waals surface area contributed by atoms with Gasteiger partial charge in [0.25, 0.3) is 7.82 Å². The number of hydrogen-bond donors (Lipinski definition) is 3. The monoisotopic (exact) mass is 912 g/mol. The zero-order valence-corrected chi connectivity index (χ0v) is 40.5. The fourth-order valence-corrected chi connectivity index (χ4v) is 10.1. The number of quaternary nitrogens is 1. The van der Waals surface area contributed by atoms with Crippen molar-refractivity contribution in [2.75, 3.05) is 47.4 Å². The molecule has 0 spiro atoms. The molecule has 3 atom stereocenters. The van der Waals surface area contributed by atoms with Crippen molar-refractivity contribution in [1.82, 2.24) is 10.0 Å². The molecular weight excluding hydrogens is 834 g/mol. The van der Waals surface area contributed by atoms with Gasteiger partial charge in [0.05, 0.1) is 44.8 Å². The summed E-state index contributed by atoms with van der Waals surface area (Å²) in [5.74, 6) is -0.257. The largest absolute Gasteiger partial charge is 0.756 e. The highest BCUT2D eigenvalue weighted by molar-refractivity contribution is 7.89. The Bertz CT molecular complexity index is 2110. The van der Waals surface area contributed by atoms with E-state index in [4.69, 9.17) is 9.05 Å². The Balaban J connectivity index is 1.09. The first-order valence-electron chi connectivity index (χ1n) is 23.9. The molecule has 0 radical (unpaired) electrons. The van der Waals surface area contributed by atoms with E-state index in [-0.39, 0.29) is 18.9 Å². The summed E-state index contributed by atoms with van der Waals surface area (Å²) in [6, 6.07) is 16.9. The highest BCUT2D eigenvalue weighted by Gasteiger charge is 2.23. The number of unbranched alkanes of at least 4 members (excludes halogenated alkanes) is 18. The minimum atomic E-state index is -4.63. The first kappa shape index (κ1) is 52.7. The first-order chi connectivity index (χ1) is 30.2. The Morgan fingerprint density at radius 3 is 1.90 bits per heavy atom. The summed E-state index contributed by atoms with van der Waals surface area (Å²) < 4.78 is 52.9. The maximum absolute atomic E-state index is 13.4. The number of aliphatic hydroxyl groups is 1. The Labute approximate surface area is 379 Å². The molecule has 0 saturated heterocycles. The third-order valence-electron chi connectivity index (χ3n) is 11.9. The van der Waals surface area contributed by atoms with Gasteiger partial charge in [-0.2, -0.15) is 0 Å². The van der Waals surface area contributed by atoms with Gasteiger partial charge in [-0.25, -0.2) is 13.1 Å². The molecule has 13 heteroatoms. The second-order valence-electron chi connectivity index (χ2n) is 18.4. The van der Waals surface area contributed by atoms with E-state index in [2.05, 4.69) is 41.2 Å². The van der Waals surface area contributed by atoms with E-state index in [1.54, 1.807) is 12.1 Å². The summed E-state index contributed by atoms with van der Waals surface area (Å²) in [6.45, 7) is 2.65. The van der Waals surface area contributed by atoms with Crippen molar-refractivity contribution in [3.8, 4) is 0 Å². The van der Waals surface area contributed by atoms with Crippen LogP contribution in [0.1, 0.15) is 142 Å². The smallest absolute Gasteiger partial charge is 0.268 e. The number of phosphoric acid groups is 1. The molecular formula is C50H78N3O8PS. The quantitative estimate of drug-likeness (QED) is 0.0136. The number of carbonyl (C=O) groups excluding carboxylic acids is 1. The van der Waals surface area contributed by atoms with E-state index in [0.29, 0.717) is 28.9 Å². The van der Waals surface area contributed by atoms with Crippen LogP contribution in [0.2, 0.25) is 0 Å². The Kier molecular flexibility index (Phi) is 23.0. The number of allylic oxidation sites excluding steroid dienone is 1. The fraction of sp³-hybridized carbons (Fsp3) is 0.620. The Morgan fingerprint density at radius 2 is 1.29 bits per heavy atom. The van der Waals surface area contributed by atoms with Crippen LogP contribution in [0.4, 0.5) is 0 Å². The number of hydrogen-bond acceptors (Lipinski definition) is 8. The summed E-state index contributed by atoms with van der Waals surface area (Å²) in [7, 11) is -2.51. The van der Waals surface area contributed by atoms with Crippen LogP contribution in [0.15, 0.2) is 71.6 Å². The molecule has 11 nitrogen and oxygen atoms in total. The van der Waals surface area contributed by atoms with Crippen LogP contribution in [0.25, 0.3) is 32.3 Å². The summed E-state index contributed by atoms with van der Waals surface area (Å²) in [4.78, 5) is 25.8. The van der Waals surface area contributed by atoms with E-state index < -0.39 is 36.6 Å². The summed E-state index contributed by atoms with van der Waals surface area (Å²) in [5, 5.41) is 19.9. The van der Waals surface area contributed by atoms with Crippen LogP contribution in [0.3, 0.4) is 0 Å². The van der Waals surface area contributed by atoms with Gasteiger partial charge in [-0.15, -0.1) is 0 Å². The number of benzene rings is 4. The van der Waals surface area contributed by atoms with E-state index in [1.807, 2.05) is 51.5 Å². The predicted molar refractivity (Wildman–Crippen MR) is 257 cm³/mol. The van der Waals surface area contributed by atoms with Gasteiger partial charge in [0.1, 0.15) is 13.2 Å². The van der Waals surface area contributed by atoms with Gasteiger partial charge >= 0.3 is 0 Å². The molecule has 3 N–H and O–H groups in total. The van der Waals surface area contributed by atoms with Gasteiger partial charge in [0, 0.05) is 18.4 Å². The van der Waals surface area contributed by atoms with Crippen LogP contribution in [-0.4, -0.2) is 83.5 Å². The lowest BCUT2D eigenvalue weighted by Crippen LogP contribution is -2.45. The van der Waals surface area contributed by atoms with Gasteiger partial charge in [0.2, 0.25) is 15.9 Å². The molecule has 0 heterocycles. The molecule has 4 aromatic carbocycles. The van der Waals surface area contributed by atoms with Crippen molar-refractivity contribution in [2.45, 2.75) is 159 Å². The van der Waals surface area contributed by atoms with Gasteiger partial charge in [0.15, 0.2) is 0 Å².